The van der Waals surface area contributed by atoms with E-state index in [1.807, 2.05) is 23.5 Å². The molecule has 2 heterocycles. The van der Waals surface area contributed by atoms with Crippen LogP contribution in [0.15, 0.2) is 87.5 Å². The molecule has 2 aliphatic heterocycles. The summed E-state index contributed by atoms with van der Waals surface area (Å²) >= 11 is 3.68. The lowest BCUT2D eigenvalue weighted by Gasteiger charge is -2.35. The molecule has 0 aromatic heterocycles. The zero-order chi connectivity index (χ0) is 27.5. The van der Waals surface area contributed by atoms with Crippen LogP contribution in [-0.4, -0.2) is 11.0 Å². The molecule has 3 nitrogen and oxygen atoms in total. The summed E-state index contributed by atoms with van der Waals surface area (Å²) in [5.74, 6) is 1.22. The first-order valence-corrected chi connectivity index (χ1v) is 15.4. The predicted molar refractivity (Wildman–Crippen MR) is 168 cm³/mol. The Bertz CT molecular complexity index is 1540. The average molecular weight is 553 g/mol. The van der Waals surface area contributed by atoms with Gasteiger partial charge in [0.2, 0.25) is 0 Å². The molecule has 0 amide bonds. The van der Waals surface area contributed by atoms with E-state index in [-0.39, 0.29) is 10.8 Å². The number of hydrogen-bond acceptors (Lipinski definition) is 5. The predicted octanol–water partition coefficient (Wildman–Crippen LogP) is 9.99. The number of fused-ring (bicyclic) bond motifs is 4. The lowest BCUT2D eigenvalue weighted by Crippen LogP contribution is -2.23. The van der Waals surface area contributed by atoms with E-state index in [4.69, 9.17) is 0 Å². The van der Waals surface area contributed by atoms with Crippen molar-refractivity contribution in [2.45, 2.75) is 73.5 Å². The number of aromatic hydroxyl groups is 1. The van der Waals surface area contributed by atoms with Crippen LogP contribution in [0.5, 0.6) is 5.75 Å². The fraction of sp³-hybridized carbons (Fsp3) is 0.294. The summed E-state index contributed by atoms with van der Waals surface area (Å²) in [6.07, 6.45) is 0.926. The van der Waals surface area contributed by atoms with Crippen LogP contribution in [0.2, 0.25) is 0 Å². The van der Waals surface area contributed by atoms with Gasteiger partial charge in [0.1, 0.15) is 5.75 Å². The van der Waals surface area contributed by atoms with E-state index >= 15 is 0 Å². The summed E-state index contributed by atoms with van der Waals surface area (Å²) in [5.41, 5.74) is 9.33. The summed E-state index contributed by atoms with van der Waals surface area (Å²) in [4.78, 5) is 6.18. The number of nitrogens with zero attached hydrogens (tertiary/aromatic N) is 1. The lowest BCUT2D eigenvalue weighted by molar-refractivity contribution is 0.422. The summed E-state index contributed by atoms with van der Waals surface area (Å²) in [6, 6.07) is 26.4. The highest BCUT2D eigenvalue weighted by atomic mass is 32.2. The minimum atomic E-state index is -0.148. The standard InChI is InChI=1S/C34H36N2OS2/c1-33(2,3)24-17-23(18-25(32(24)37)34(4,5)6)38-20-36-28-13-9-7-11-21(28)15-22-16-27-31(19-29(22)36)39-30-14-10-8-12-26(30)35-27/h7-14,16-19,35,37H,15,20H2,1-6H3. The van der Waals surface area contributed by atoms with Crippen molar-refractivity contribution >= 4 is 46.3 Å². The summed E-state index contributed by atoms with van der Waals surface area (Å²) in [5, 5.41) is 14.9. The molecule has 200 valence electrons. The summed E-state index contributed by atoms with van der Waals surface area (Å²) in [6.45, 7) is 13.0. The van der Waals surface area contributed by atoms with E-state index in [9.17, 15) is 5.11 Å². The van der Waals surface area contributed by atoms with Crippen molar-refractivity contribution < 1.29 is 5.11 Å². The SMILES string of the molecule is CC(C)(C)c1cc(SCN2c3ccccc3Cc3cc4c(cc32)Sc2ccccc2N4)cc(C(C)(C)C)c1O. The number of thioether (sulfide) groups is 1. The fourth-order valence-electron chi connectivity index (χ4n) is 5.48. The molecule has 0 bridgehead atoms. The van der Waals surface area contributed by atoms with Gasteiger partial charge < -0.3 is 15.3 Å². The highest BCUT2D eigenvalue weighted by molar-refractivity contribution is 8.00. The minimum Gasteiger partial charge on any atom is -0.507 e. The zero-order valence-electron chi connectivity index (χ0n) is 23.6. The van der Waals surface area contributed by atoms with Crippen LogP contribution in [0.25, 0.3) is 0 Å². The Balaban J connectivity index is 1.39. The van der Waals surface area contributed by atoms with Crippen molar-refractivity contribution in [2.24, 2.45) is 0 Å². The van der Waals surface area contributed by atoms with Crippen LogP contribution in [0, 0.1) is 0 Å². The smallest absolute Gasteiger partial charge is 0.123 e. The topological polar surface area (TPSA) is 35.5 Å². The first kappa shape index (κ1) is 26.2. The first-order chi connectivity index (χ1) is 18.5. The molecule has 2 N–H and O–H groups in total. The van der Waals surface area contributed by atoms with Crippen molar-refractivity contribution in [3.05, 3.63) is 95.1 Å². The van der Waals surface area contributed by atoms with E-state index in [1.165, 1.54) is 48.6 Å². The summed E-state index contributed by atoms with van der Waals surface area (Å²) in [7, 11) is 0. The van der Waals surface area contributed by atoms with Gasteiger partial charge >= 0.3 is 0 Å². The van der Waals surface area contributed by atoms with Crippen LogP contribution in [0.1, 0.15) is 63.8 Å². The first-order valence-electron chi connectivity index (χ1n) is 13.6. The van der Waals surface area contributed by atoms with Gasteiger partial charge in [0, 0.05) is 43.6 Å². The van der Waals surface area contributed by atoms with Gasteiger partial charge in [-0.1, -0.05) is 83.6 Å². The average Bonchev–Trinajstić information content (AvgIpc) is 2.88. The molecular formula is C34H36N2OS2. The van der Waals surface area contributed by atoms with Crippen LogP contribution in [0.3, 0.4) is 0 Å². The third kappa shape index (κ3) is 4.92. The molecule has 0 saturated carbocycles. The van der Waals surface area contributed by atoms with Crippen LogP contribution in [0.4, 0.5) is 22.7 Å². The van der Waals surface area contributed by atoms with Crippen molar-refractivity contribution in [1.82, 2.24) is 0 Å². The maximum Gasteiger partial charge on any atom is 0.123 e. The summed E-state index contributed by atoms with van der Waals surface area (Å²) < 4.78 is 0. The van der Waals surface area contributed by atoms with Crippen molar-refractivity contribution in [2.75, 3.05) is 16.1 Å². The lowest BCUT2D eigenvalue weighted by atomic mass is 9.79. The van der Waals surface area contributed by atoms with Gasteiger partial charge in [0.25, 0.3) is 0 Å². The molecule has 0 spiro atoms. The third-order valence-electron chi connectivity index (χ3n) is 7.57. The van der Waals surface area contributed by atoms with Gasteiger partial charge in [0.15, 0.2) is 0 Å². The number of nitrogens with one attached hydrogen (secondary N) is 1. The Kier molecular flexibility index (Phi) is 6.43. The van der Waals surface area contributed by atoms with Gasteiger partial charge in [-0.3, -0.25) is 0 Å². The maximum atomic E-state index is 11.2. The second kappa shape index (κ2) is 9.57. The number of phenols is 1. The van der Waals surface area contributed by atoms with Crippen LogP contribution in [-0.2, 0) is 17.3 Å². The highest BCUT2D eigenvalue weighted by Crippen LogP contribution is 2.50. The molecule has 0 radical (unpaired) electrons. The maximum absolute atomic E-state index is 11.2. The van der Waals surface area contributed by atoms with Gasteiger partial charge in [-0.15, -0.1) is 11.8 Å². The Morgan fingerprint density at radius 2 is 1.44 bits per heavy atom. The molecule has 0 aliphatic carbocycles. The molecule has 0 saturated heterocycles. The molecule has 39 heavy (non-hydrogen) atoms. The number of phenolic OH excluding ortho intramolecular Hbond substituents is 1. The molecule has 5 heteroatoms. The van der Waals surface area contributed by atoms with Crippen LogP contribution >= 0.6 is 23.5 Å². The molecule has 6 rings (SSSR count). The van der Waals surface area contributed by atoms with E-state index in [1.54, 1.807) is 0 Å². The quantitative estimate of drug-likeness (QED) is 0.218. The molecule has 4 aromatic rings. The molecule has 2 aliphatic rings. The second-order valence-electron chi connectivity index (χ2n) is 12.6. The largest absolute Gasteiger partial charge is 0.507 e. The monoisotopic (exact) mass is 552 g/mol. The van der Waals surface area contributed by atoms with Gasteiger partial charge in [-0.25, -0.2) is 0 Å². The van der Waals surface area contributed by atoms with E-state index in [0.717, 1.165) is 23.4 Å². The number of para-hydroxylation sites is 2. The van der Waals surface area contributed by atoms with Crippen molar-refractivity contribution in [3.63, 3.8) is 0 Å². The Hall–Kier alpha value is -3.02. The Morgan fingerprint density at radius 1 is 0.769 bits per heavy atom. The number of rotatable bonds is 3. The Morgan fingerprint density at radius 3 is 2.15 bits per heavy atom. The van der Waals surface area contributed by atoms with Gasteiger partial charge in [0.05, 0.1) is 17.3 Å². The van der Waals surface area contributed by atoms with E-state index < -0.39 is 0 Å². The normalized spacial score (nSPS) is 14.2. The molecule has 0 unspecified atom stereocenters. The van der Waals surface area contributed by atoms with Crippen molar-refractivity contribution in [3.8, 4) is 5.75 Å². The molecular weight excluding hydrogens is 517 g/mol. The Labute approximate surface area is 241 Å². The van der Waals surface area contributed by atoms with E-state index in [2.05, 4.69) is 125 Å². The fourth-order valence-corrected chi connectivity index (χ4v) is 7.44. The minimum absolute atomic E-state index is 0.148. The molecule has 0 fully saturated rings. The molecule has 4 aromatic carbocycles. The number of anilines is 4. The van der Waals surface area contributed by atoms with Crippen molar-refractivity contribution in [1.29, 1.82) is 0 Å². The van der Waals surface area contributed by atoms with Crippen LogP contribution < -0.4 is 10.2 Å². The zero-order valence-corrected chi connectivity index (χ0v) is 25.2. The number of benzene rings is 4. The van der Waals surface area contributed by atoms with Gasteiger partial charge in [-0.2, -0.15) is 0 Å². The highest BCUT2D eigenvalue weighted by Gasteiger charge is 2.29. The molecule has 0 atom stereocenters. The third-order valence-corrected chi connectivity index (χ3v) is 9.66. The number of hydrogen-bond donors (Lipinski definition) is 2. The second-order valence-corrected chi connectivity index (χ2v) is 14.7. The van der Waals surface area contributed by atoms with Gasteiger partial charge in [-0.05, 0) is 64.4 Å². The van der Waals surface area contributed by atoms with E-state index in [0.29, 0.717) is 5.75 Å².